The van der Waals surface area contributed by atoms with E-state index in [-0.39, 0.29) is 6.04 Å². The minimum Gasteiger partial charge on any atom is -0.271 e. The summed E-state index contributed by atoms with van der Waals surface area (Å²) in [5, 5.41) is 0. The van der Waals surface area contributed by atoms with Crippen LogP contribution in [0.15, 0.2) is 24.3 Å². The van der Waals surface area contributed by atoms with Gasteiger partial charge in [0.25, 0.3) is 0 Å². The highest BCUT2D eigenvalue weighted by Crippen LogP contribution is 2.08. The van der Waals surface area contributed by atoms with Gasteiger partial charge in [0.15, 0.2) is 0 Å². The van der Waals surface area contributed by atoms with E-state index in [4.69, 9.17) is 12.3 Å². The Labute approximate surface area is 91.8 Å². The van der Waals surface area contributed by atoms with E-state index in [0.717, 1.165) is 19.3 Å². The molecule has 0 fully saturated rings. The van der Waals surface area contributed by atoms with Crippen molar-refractivity contribution in [3.05, 3.63) is 35.4 Å². The summed E-state index contributed by atoms with van der Waals surface area (Å²) < 4.78 is 0. The van der Waals surface area contributed by atoms with E-state index >= 15 is 0 Å². The van der Waals surface area contributed by atoms with E-state index in [2.05, 4.69) is 42.5 Å². The van der Waals surface area contributed by atoms with Crippen LogP contribution in [0.2, 0.25) is 0 Å². The summed E-state index contributed by atoms with van der Waals surface area (Å²) in [5.74, 6) is 8.10. The number of nitrogens with one attached hydrogen (secondary N) is 1. The fourth-order valence-electron chi connectivity index (χ4n) is 1.51. The number of rotatable bonds is 5. The summed E-state index contributed by atoms with van der Waals surface area (Å²) in [4.78, 5) is 0. The van der Waals surface area contributed by atoms with Gasteiger partial charge in [-0.1, -0.05) is 29.8 Å². The second kappa shape index (κ2) is 6.23. The zero-order chi connectivity index (χ0) is 11.1. The lowest BCUT2D eigenvalue weighted by atomic mass is 10.0. The molecule has 0 saturated carbocycles. The first-order valence-corrected chi connectivity index (χ1v) is 5.21. The van der Waals surface area contributed by atoms with E-state index < -0.39 is 0 Å². The smallest absolute Gasteiger partial charge is 0.0259 e. The van der Waals surface area contributed by atoms with Gasteiger partial charge in [-0.15, -0.1) is 12.3 Å². The molecule has 15 heavy (non-hydrogen) atoms. The molecule has 3 N–H and O–H groups in total. The van der Waals surface area contributed by atoms with E-state index in [1.54, 1.807) is 0 Å². The zero-order valence-electron chi connectivity index (χ0n) is 9.16. The Balaban J connectivity index is 2.51. The molecular weight excluding hydrogens is 184 g/mol. The Kier molecular flexibility index (Phi) is 4.89. The predicted molar refractivity (Wildman–Crippen MR) is 64.1 cm³/mol. The number of hydrogen-bond acceptors (Lipinski definition) is 2. The standard InChI is InChI=1S/C13H18N2/c1-3-4-5-13(15-14)10-12-8-6-11(2)7-9-12/h1,6-9,13,15H,4-5,10,14H2,2H3. The highest BCUT2D eigenvalue weighted by Gasteiger charge is 2.06. The first kappa shape index (κ1) is 11.8. The minimum absolute atomic E-state index is 0.267. The fourth-order valence-corrected chi connectivity index (χ4v) is 1.51. The predicted octanol–water partition coefficient (Wildman–Crippen LogP) is 1.78. The van der Waals surface area contributed by atoms with Crippen LogP contribution in [-0.4, -0.2) is 6.04 Å². The summed E-state index contributed by atoms with van der Waals surface area (Å²) in [6, 6.07) is 8.77. The first-order valence-electron chi connectivity index (χ1n) is 5.21. The lowest BCUT2D eigenvalue weighted by Crippen LogP contribution is -2.36. The Morgan fingerprint density at radius 1 is 1.40 bits per heavy atom. The van der Waals surface area contributed by atoms with Crippen LogP contribution >= 0.6 is 0 Å². The van der Waals surface area contributed by atoms with Gasteiger partial charge in [-0.3, -0.25) is 11.3 Å². The van der Waals surface area contributed by atoms with E-state index in [1.165, 1.54) is 11.1 Å². The van der Waals surface area contributed by atoms with Gasteiger partial charge in [0, 0.05) is 12.5 Å². The molecule has 1 atom stereocenters. The van der Waals surface area contributed by atoms with Crippen molar-refractivity contribution in [3.63, 3.8) is 0 Å². The van der Waals surface area contributed by atoms with Crippen molar-refractivity contribution < 1.29 is 0 Å². The number of nitrogens with two attached hydrogens (primary N) is 1. The van der Waals surface area contributed by atoms with Gasteiger partial charge >= 0.3 is 0 Å². The maximum absolute atomic E-state index is 5.47. The molecule has 2 nitrogen and oxygen atoms in total. The Bertz CT molecular complexity index is 321. The van der Waals surface area contributed by atoms with Crippen molar-refractivity contribution >= 4 is 0 Å². The molecule has 80 valence electrons. The quantitative estimate of drug-likeness (QED) is 0.434. The SMILES string of the molecule is C#CCCC(Cc1ccc(C)cc1)NN. The molecule has 1 rings (SSSR count). The number of hydrazine groups is 1. The van der Waals surface area contributed by atoms with E-state index in [1.807, 2.05) is 0 Å². The van der Waals surface area contributed by atoms with Crippen molar-refractivity contribution in [2.24, 2.45) is 5.84 Å². The van der Waals surface area contributed by atoms with E-state index in [9.17, 15) is 0 Å². The topological polar surface area (TPSA) is 38.0 Å². The van der Waals surface area contributed by atoms with Crippen molar-refractivity contribution in [1.29, 1.82) is 0 Å². The second-order valence-electron chi connectivity index (χ2n) is 3.80. The van der Waals surface area contributed by atoms with Crippen LogP contribution < -0.4 is 11.3 Å². The Morgan fingerprint density at radius 2 is 2.07 bits per heavy atom. The van der Waals surface area contributed by atoms with Gasteiger partial charge < -0.3 is 0 Å². The molecule has 0 spiro atoms. The summed E-state index contributed by atoms with van der Waals surface area (Å²) >= 11 is 0. The van der Waals surface area contributed by atoms with Gasteiger partial charge in [0.05, 0.1) is 0 Å². The van der Waals surface area contributed by atoms with Crippen LogP contribution in [-0.2, 0) is 6.42 Å². The molecule has 0 aliphatic carbocycles. The maximum atomic E-state index is 5.47. The first-order chi connectivity index (χ1) is 7.26. The van der Waals surface area contributed by atoms with Crippen LogP contribution in [0, 0.1) is 19.3 Å². The average molecular weight is 202 g/mol. The highest BCUT2D eigenvalue weighted by molar-refractivity contribution is 5.22. The number of benzene rings is 1. The number of terminal acetylenes is 1. The highest BCUT2D eigenvalue weighted by atomic mass is 15.2. The van der Waals surface area contributed by atoms with Crippen molar-refractivity contribution in [1.82, 2.24) is 5.43 Å². The zero-order valence-corrected chi connectivity index (χ0v) is 9.16. The molecule has 0 heterocycles. The molecule has 0 aromatic heterocycles. The average Bonchev–Trinajstić information content (AvgIpc) is 2.27. The molecule has 1 aromatic carbocycles. The summed E-state index contributed by atoms with van der Waals surface area (Å²) in [7, 11) is 0. The van der Waals surface area contributed by atoms with Crippen molar-refractivity contribution in [2.45, 2.75) is 32.2 Å². The van der Waals surface area contributed by atoms with E-state index in [0.29, 0.717) is 0 Å². The fraction of sp³-hybridized carbons (Fsp3) is 0.385. The molecular formula is C13H18N2. The Hall–Kier alpha value is -1.30. The van der Waals surface area contributed by atoms with Crippen LogP contribution in [0.3, 0.4) is 0 Å². The molecule has 0 aliphatic rings. The van der Waals surface area contributed by atoms with Crippen LogP contribution in [0.5, 0.6) is 0 Å². The molecule has 0 amide bonds. The molecule has 0 aliphatic heterocycles. The van der Waals surface area contributed by atoms with Gasteiger partial charge in [-0.2, -0.15) is 0 Å². The largest absolute Gasteiger partial charge is 0.271 e. The van der Waals surface area contributed by atoms with Crippen molar-refractivity contribution in [3.8, 4) is 12.3 Å². The third kappa shape index (κ3) is 4.16. The number of hydrogen-bond donors (Lipinski definition) is 2. The lowest BCUT2D eigenvalue weighted by molar-refractivity contribution is 0.498. The van der Waals surface area contributed by atoms with Crippen molar-refractivity contribution in [2.75, 3.05) is 0 Å². The second-order valence-corrected chi connectivity index (χ2v) is 3.80. The number of aryl methyl sites for hydroxylation is 1. The molecule has 0 saturated heterocycles. The normalized spacial score (nSPS) is 12.1. The van der Waals surface area contributed by atoms with Crippen LogP contribution in [0.25, 0.3) is 0 Å². The van der Waals surface area contributed by atoms with Gasteiger partial charge in [-0.05, 0) is 25.3 Å². The van der Waals surface area contributed by atoms with Gasteiger partial charge in [0.1, 0.15) is 0 Å². The minimum atomic E-state index is 0.267. The van der Waals surface area contributed by atoms with Crippen LogP contribution in [0.4, 0.5) is 0 Å². The third-order valence-corrected chi connectivity index (χ3v) is 2.48. The monoisotopic (exact) mass is 202 g/mol. The molecule has 0 bridgehead atoms. The maximum Gasteiger partial charge on any atom is 0.0259 e. The summed E-state index contributed by atoms with van der Waals surface area (Å²) in [6.07, 6.45) is 7.84. The molecule has 1 unspecified atom stereocenters. The molecule has 1 aromatic rings. The Morgan fingerprint density at radius 3 is 2.60 bits per heavy atom. The molecule has 2 heteroatoms. The molecule has 0 radical (unpaired) electrons. The summed E-state index contributed by atoms with van der Waals surface area (Å²) in [5.41, 5.74) is 5.37. The summed E-state index contributed by atoms with van der Waals surface area (Å²) in [6.45, 7) is 2.08. The van der Waals surface area contributed by atoms with Crippen LogP contribution in [0.1, 0.15) is 24.0 Å². The van der Waals surface area contributed by atoms with Gasteiger partial charge in [-0.25, -0.2) is 0 Å². The van der Waals surface area contributed by atoms with Gasteiger partial charge in [0.2, 0.25) is 0 Å². The third-order valence-electron chi connectivity index (χ3n) is 2.48. The lowest BCUT2D eigenvalue weighted by Gasteiger charge is -2.14.